The molecule has 1 aliphatic heterocycles. The summed E-state index contributed by atoms with van der Waals surface area (Å²) >= 11 is 0. The molecule has 3 aromatic heterocycles. The van der Waals surface area contributed by atoms with E-state index in [2.05, 4.69) is 43.1 Å². The van der Waals surface area contributed by atoms with Crippen LogP contribution in [0.1, 0.15) is 5.56 Å². The average molecular weight is 294 g/mol. The standard InChI is InChI=1S/C16H18N6/c1-2-16(19-22-8-7-18-15(1)22)21-11-9-20(10-12-21)13-14-3-5-17-6-4-14/h1-8H,9-13H2. The van der Waals surface area contributed by atoms with Crippen molar-refractivity contribution in [1.82, 2.24) is 24.5 Å². The zero-order valence-corrected chi connectivity index (χ0v) is 12.3. The Morgan fingerprint density at radius 1 is 0.909 bits per heavy atom. The largest absolute Gasteiger partial charge is 0.353 e. The highest BCUT2D eigenvalue weighted by atomic mass is 15.3. The van der Waals surface area contributed by atoms with Crippen molar-refractivity contribution >= 4 is 11.5 Å². The summed E-state index contributed by atoms with van der Waals surface area (Å²) in [5, 5.41) is 4.62. The molecule has 0 saturated carbocycles. The molecule has 3 aromatic rings. The van der Waals surface area contributed by atoms with E-state index in [0.29, 0.717) is 0 Å². The van der Waals surface area contributed by atoms with Crippen LogP contribution in [0.25, 0.3) is 5.65 Å². The Labute approximate surface area is 129 Å². The Kier molecular flexibility index (Phi) is 3.44. The highest BCUT2D eigenvalue weighted by Gasteiger charge is 2.18. The van der Waals surface area contributed by atoms with Crippen LogP contribution in [0.4, 0.5) is 5.82 Å². The maximum atomic E-state index is 4.62. The fraction of sp³-hybridized carbons (Fsp3) is 0.312. The number of anilines is 1. The van der Waals surface area contributed by atoms with Gasteiger partial charge in [-0.3, -0.25) is 9.88 Å². The predicted molar refractivity (Wildman–Crippen MR) is 84.7 cm³/mol. The van der Waals surface area contributed by atoms with Crippen molar-refractivity contribution in [3.05, 3.63) is 54.6 Å². The van der Waals surface area contributed by atoms with Crippen molar-refractivity contribution in [2.75, 3.05) is 31.1 Å². The van der Waals surface area contributed by atoms with Crippen molar-refractivity contribution in [3.63, 3.8) is 0 Å². The summed E-state index contributed by atoms with van der Waals surface area (Å²) in [6.45, 7) is 5.08. The van der Waals surface area contributed by atoms with Gasteiger partial charge in [-0.25, -0.2) is 9.50 Å². The third-order valence-electron chi connectivity index (χ3n) is 4.09. The quantitative estimate of drug-likeness (QED) is 0.732. The molecular formula is C16H18N6. The van der Waals surface area contributed by atoms with E-state index in [1.165, 1.54) is 5.56 Å². The molecule has 0 unspecified atom stereocenters. The van der Waals surface area contributed by atoms with Crippen molar-refractivity contribution in [2.24, 2.45) is 0 Å². The monoisotopic (exact) mass is 294 g/mol. The maximum absolute atomic E-state index is 4.62. The van der Waals surface area contributed by atoms with E-state index < -0.39 is 0 Å². The van der Waals surface area contributed by atoms with E-state index >= 15 is 0 Å². The molecule has 0 N–H and O–H groups in total. The van der Waals surface area contributed by atoms with Gasteiger partial charge in [-0.05, 0) is 29.8 Å². The van der Waals surface area contributed by atoms with Gasteiger partial charge in [-0.2, -0.15) is 0 Å². The third kappa shape index (κ3) is 2.65. The SMILES string of the molecule is c1cc(CN2CCN(c3ccc4nccn4n3)CC2)ccn1. The normalized spacial score (nSPS) is 16.3. The van der Waals surface area contributed by atoms with E-state index in [4.69, 9.17) is 0 Å². The smallest absolute Gasteiger partial charge is 0.153 e. The van der Waals surface area contributed by atoms with E-state index in [1.54, 1.807) is 6.20 Å². The van der Waals surface area contributed by atoms with Gasteiger partial charge in [0.15, 0.2) is 5.65 Å². The number of piperazine rings is 1. The molecule has 22 heavy (non-hydrogen) atoms. The summed E-state index contributed by atoms with van der Waals surface area (Å²) in [6, 6.07) is 8.24. The molecule has 0 bridgehead atoms. The molecule has 0 aliphatic carbocycles. The Hall–Kier alpha value is -2.47. The summed E-state index contributed by atoms with van der Waals surface area (Å²) in [5.74, 6) is 1.02. The number of imidazole rings is 1. The van der Waals surface area contributed by atoms with Crippen LogP contribution in [0.15, 0.2) is 49.1 Å². The molecule has 1 fully saturated rings. The molecule has 0 spiro atoms. The molecule has 4 heterocycles. The first-order valence-electron chi connectivity index (χ1n) is 7.55. The van der Waals surface area contributed by atoms with Gasteiger partial charge in [0.05, 0.1) is 0 Å². The summed E-state index contributed by atoms with van der Waals surface area (Å²) in [5.41, 5.74) is 2.21. The summed E-state index contributed by atoms with van der Waals surface area (Å²) in [4.78, 5) is 13.1. The maximum Gasteiger partial charge on any atom is 0.153 e. The minimum absolute atomic E-state index is 0.889. The van der Waals surface area contributed by atoms with Crippen LogP contribution in [0.3, 0.4) is 0 Å². The number of fused-ring (bicyclic) bond motifs is 1. The van der Waals surface area contributed by atoms with Gasteiger partial charge in [-0.15, -0.1) is 5.10 Å². The van der Waals surface area contributed by atoms with Gasteiger partial charge >= 0.3 is 0 Å². The Balaban J connectivity index is 1.41. The zero-order chi connectivity index (χ0) is 14.8. The molecule has 6 heteroatoms. The number of hydrogen-bond acceptors (Lipinski definition) is 5. The van der Waals surface area contributed by atoms with Gasteiger partial charge in [0.25, 0.3) is 0 Å². The number of aromatic nitrogens is 4. The number of hydrogen-bond donors (Lipinski definition) is 0. The Morgan fingerprint density at radius 3 is 2.55 bits per heavy atom. The van der Waals surface area contributed by atoms with Crippen molar-refractivity contribution < 1.29 is 0 Å². The number of rotatable bonds is 3. The first-order chi connectivity index (χ1) is 10.9. The lowest BCUT2D eigenvalue weighted by molar-refractivity contribution is 0.249. The lowest BCUT2D eigenvalue weighted by atomic mass is 10.2. The van der Waals surface area contributed by atoms with Crippen molar-refractivity contribution in [3.8, 4) is 0 Å². The highest BCUT2D eigenvalue weighted by Crippen LogP contribution is 2.15. The second kappa shape index (κ2) is 5.73. The summed E-state index contributed by atoms with van der Waals surface area (Å²) in [7, 11) is 0. The molecule has 0 radical (unpaired) electrons. The van der Waals surface area contributed by atoms with E-state index in [0.717, 1.165) is 44.2 Å². The van der Waals surface area contributed by atoms with E-state index in [1.807, 2.05) is 29.2 Å². The topological polar surface area (TPSA) is 49.6 Å². The lowest BCUT2D eigenvalue weighted by Crippen LogP contribution is -2.46. The Morgan fingerprint density at radius 2 is 1.73 bits per heavy atom. The highest BCUT2D eigenvalue weighted by molar-refractivity contribution is 5.46. The van der Waals surface area contributed by atoms with Crippen molar-refractivity contribution in [2.45, 2.75) is 6.54 Å². The van der Waals surface area contributed by atoms with Crippen LogP contribution >= 0.6 is 0 Å². The molecule has 0 amide bonds. The molecule has 1 aliphatic rings. The molecule has 112 valence electrons. The van der Waals surface area contributed by atoms with Gasteiger partial charge in [-0.1, -0.05) is 0 Å². The minimum Gasteiger partial charge on any atom is -0.353 e. The zero-order valence-electron chi connectivity index (χ0n) is 12.3. The van der Waals surface area contributed by atoms with Crippen LogP contribution < -0.4 is 4.90 Å². The molecule has 0 atom stereocenters. The minimum atomic E-state index is 0.889. The van der Waals surface area contributed by atoms with Gasteiger partial charge in [0.1, 0.15) is 5.82 Å². The van der Waals surface area contributed by atoms with Gasteiger partial charge < -0.3 is 4.90 Å². The molecule has 0 aromatic carbocycles. The second-order valence-corrected chi connectivity index (χ2v) is 5.54. The van der Waals surface area contributed by atoms with Crippen LogP contribution in [-0.2, 0) is 6.54 Å². The molecular weight excluding hydrogens is 276 g/mol. The first-order valence-corrected chi connectivity index (χ1v) is 7.55. The summed E-state index contributed by atoms with van der Waals surface area (Å²) < 4.78 is 1.83. The van der Waals surface area contributed by atoms with E-state index in [-0.39, 0.29) is 0 Å². The summed E-state index contributed by atoms with van der Waals surface area (Å²) in [6.07, 6.45) is 7.38. The van der Waals surface area contributed by atoms with Crippen molar-refractivity contribution in [1.29, 1.82) is 0 Å². The Bertz CT molecular complexity index is 745. The van der Waals surface area contributed by atoms with Gasteiger partial charge in [0.2, 0.25) is 0 Å². The lowest BCUT2D eigenvalue weighted by Gasteiger charge is -2.35. The second-order valence-electron chi connectivity index (χ2n) is 5.54. The van der Waals surface area contributed by atoms with Crippen LogP contribution in [0.5, 0.6) is 0 Å². The van der Waals surface area contributed by atoms with Gasteiger partial charge in [0, 0.05) is 57.5 Å². The molecule has 6 nitrogen and oxygen atoms in total. The number of nitrogens with zero attached hydrogens (tertiary/aromatic N) is 6. The van der Waals surface area contributed by atoms with Crippen LogP contribution in [0.2, 0.25) is 0 Å². The third-order valence-corrected chi connectivity index (χ3v) is 4.09. The van der Waals surface area contributed by atoms with E-state index in [9.17, 15) is 0 Å². The van der Waals surface area contributed by atoms with Crippen LogP contribution in [-0.4, -0.2) is 50.7 Å². The van der Waals surface area contributed by atoms with Crippen LogP contribution in [0, 0.1) is 0 Å². The molecule has 4 rings (SSSR count). The first kappa shape index (κ1) is 13.2. The molecule has 1 saturated heterocycles. The number of pyridine rings is 1. The fourth-order valence-corrected chi connectivity index (χ4v) is 2.86. The average Bonchev–Trinajstić information content (AvgIpc) is 3.04. The fourth-order valence-electron chi connectivity index (χ4n) is 2.86. The predicted octanol–water partition coefficient (Wildman–Crippen LogP) is 1.45.